The fourth-order valence-electron chi connectivity index (χ4n) is 3.25. The van der Waals surface area contributed by atoms with E-state index in [0.29, 0.717) is 18.4 Å². The van der Waals surface area contributed by atoms with E-state index in [0.717, 1.165) is 19.3 Å². The van der Waals surface area contributed by atoms with Crippen LogP contribution in [0, 0.1) is 0 Å². The van der Waals surface area contributed by atoms with E-state index in [1.165, 1.54) is 31.2 Å². The highest BCUT2D eigenvalue weighted by molar-refractivity contribution is 5.78. The first-order valence-electron chi connectivity index (χ1n) is 8.89. The molecule has 0 radical (unpaired) electrons. The molecule has 2 aromatic rings. The van der Waals surface area contributed by atoms with Crippen LogP contribution in [-0.2, 0) is 24.2 Å². The Morgan fingerprint density at radius 3 is 2.62 bits per heavy atom. The topological polar surface area (TPSA) is 72.7 Å². The van der Waals surface area contributed by atoms with E-state index in [-0.39, 0.29) is 12.3 Å². The Labute approximate surface area is 142 Å². The number of amides is 1. The van der Waals surface area contributed by atoms with Crippen molar-refractivity contribution in [3.05, 3.63) is 41.7 Å². The molecular formula is C18H25N5O. The van der Waals surface area contributed by atoms with Crippen LogP contribution in [0.5, 0.6) is 0 Å². The summed E-state index contributed by atoms with van der Waals surface area (Å²) >= 11 is 0. The standard InChI is InChI=1S/C18H25N5O/c24-18(19-16-10-6-1-2-7-11-16)14-17-20-21-22-23(17)13-12-15-8-4-3-5-9-15/h3-5,8-9,16H,1-2,6-7,10-14H2,(H,19,24). The van der Waals surface area contributed by atoms with E-state index >= 15 is 0 Å². The second kappa shape index (κ2) is 8.57. The highest BCUT2D eigenvalue weighted by Crippen LogP contribution is 2.17. The van der Waals surface area contributed by atoms with Gasteiger partial charge in [0, 0.05) is 12.6 Å². The SMILES string of the molecule is O=C(Cc1nnnn1CCc1ccccc1)NC1CCCCCC1. The molecule has 6 heteroatoms. The van der Waals surface area contributed by atoms with Gasteiger partial charge in [-0.3, -0.25) is 4.79 Å². The van der Waals surface area contributed by atoms with Crippen molar-refractivity contribution in [3.63, 3.8) is 0 Å². The zero-order valence-electron chi connectivity index (χ0n) is 14.0. The molecule has 1 aromatic carbocycles. The third-order valence-corrected chi connectivity index (χ3v) is 4.60. The van der Waals surface area contributed by atoms with Crippen molar-refractivity contribution in [3.8, 4) is 0 Å². The monoisotopic (exact) mass is 327 g/mol. The van der Waals surface area contributed by atoms with Crippen LogP contribution < -0.4 is 5.32 Å². The van der Waals surface area contributed by atoms with E-state index in [9.17, 15) is 4.79 Å². The lowest BCUT2D eigenvalue weighted by Gasteiger charge is -2.15. The molecule has 1 amide bonds. The minimum absolute atomic E-state index is 0.0256. The van der Waals surface area contributed by atoms with Gasteiger partial charge in [0.1, 0.15) is 0 Å². The summed E-state index contributed by atoms with van der Waals surface area (Å²) in [5.41, 5.74) is 1.24. The minimum atomic E-state index is 0.0256. The molecule has 0 saturated heterocycles. The summed E-state index contributed by atoms with van der Waals surface area (Å²) in [6, 6.07) is 10.5. The Bertz CT molecular complexity index is 632. The Kier molecular flexibility index (Phi) is 5.93. The van der Waals surface area contributed by atoms with E-state index in [2.05, 4.69) is 33.0 Å². The zero-order valence-corrected chi connectivity index (χ0v) is 14.0. The summed E-state index contributed by atoms with van der Waals surface area (Å²) in [5, 5.41) is 14.9. The summed E-state index contributed by atoms with van der Waals surface area (Å²) in [5.74, 6) is 0.662. The molecule has 3 rings (SSSR count). The van der Waals surface area contributed by atoms with Crippen molar-refractivity contribution in [2.75, 3.05) is 0 Å². The van der Waals surface area contributed by atoms with Gasteiger partial charge in [0.2, 0.25) is 5.91 Å². The van der Waals surface area contributed by atoms with Gasteiger partial charge in [-0.2, -0.15) is 0 Å². The van der Waals surface area contributed by atoms with Crippen LogP contribution in [0.4, 0.5) is 0 Å². The second-order valence-electron chi connectivity index (χ2n) is 6.49. The number of benzene rings is 1. The molecule has 0 unspecified atom stereocenters. The van der Waals surface area contributed by atoms with Crippen LogP contribution >= 0.6 is 0 Å². The first kappa shape index (κ1) is 16.6. The van der Waals surface area contributed by atoms with Crippen molar-refractivity contribution >= 4 is 5.91 Å². The van der Waals surface area contributed by atoms with Crippen LogP contribution in [0.3, 0.4) is 0 Å². The first-order chi connectivity index (χ1) is 11.8. The molecule has 0 atom stereocenters. The van der Waals surface area contributed by atoms with Crippen molar-refractivity contribution in [2.45, 2.75) is 64.0 Å². The number of aryl methyl sites for hydroxylation is 2. The van der Waals surface area contributed by atoms with Gasteiger partial charge in [-0.05, 0) is 35.3 Å². The number of nitrogens with zero attached hydrogens (tertiary/aromatic N) is 4. The Balaban J connectivity index is 1.51. The number of carbonyl (C=O) groups is 1. The normalized spacial score (nSPS) is 15.8. The fraction of sp³-hybridized carbons (Fsp3) is 0.556. The van der Waals surface area contributed by atoms with Crippen LogP contribution in [0.15, 0.2) is 30.3 Å². The van der Waals surface area contributed by atoms with Gasteiger partial charge in [0.25, 0.3) is 0 Å². The number of rotatable bonds is 6. The molecule has 0 bridgehead atoms. The van der Waals surface area contributed by atoms with Gasteiger partial charge >= 0.3 is 0 Å². The fourth-order valence-corrected chi connectivity index (χ4v) is 3.25. The zero-order chi connectivity index (χ0) is 16.6. The summed E-state index contributed by atoms with van der Waals surface area (Å²) in [7, 11) is 0. The molecule has 1 N–H and O–H groups in total. The summed E-state index contributed by atoms with van der Waals surface area (Å²) < 4.78 is 1.74. The Morgan fingerprint density at radius 1 is 1.12 bits per heavy atom. The summed E-state index contributed by atoms with van der Waals surface area (Å²) in [6.45, 7) is 0.684. The molecule has 128 valence electrons. The van der Waals surface area contributed by atoms with Gasteiger partial charge in [-0.25, -0.2) is 4.68 Å². The lowest BCUT2D eigenvalue weighted by molar-refractivity contribution is -0.121. The molecular weight excluding hydrogens is 302 g/mol. The average Bonchev–Trinajstić information content (AvgIpc) is 2.87. The van der Waals surface area contributed by atoms with Crippen molar-refractivity contribution in [2.24, 2.45) is 0 Å². The van der Waals surface area contributed by atoms with Crippen LogP contribution in [-0.4, -0.2) is 32.2 Å². The van der Waals surface area contributed by atoms with Crippen molar-refractivity contribution in [1.29, 1.82) is 0 Å². The molecule has 0 spiro atoms. The van der Waals surface area contributed by atoms with Gasteiger partial charge in [0.15, 0.2) is 5.82 Å². The molecule has 1 heterocycles. The maximum Gasteiger partial charge on any atom is 0.227 e. The third kappa shape index (κ3) is 4.88. The molecule has 1 fully saturated rings. The number of hydrogen-bond acceptors (Lipinski definition) is 4. The number of nitrogens with one attached hydrogen (secondary N) is 1. The van der Waals surface area contributed by atoms with Crippen molar-refractivity contribution in [1.82, 2.24) is 25.5 Å². The lowest BCUT2D eigenvalue weighted by Crippen LogP contribution is -2.36. The van der Waals surface area contributed by atoms with E-state index in [1.54, 1.807) is 4.68 Å². The largest absolute Gasteiger partial charge is 0.353 e. The Morgan fingerprint density at radius 2 is 1.88 bits per heavy atom. The maximum absolute atomic E-state index is 12.3. The molecule has 6 nitrogen and oxygen atoms in total. The van der Waals surface area contributed by atoms with Gasteiger partial charge in [0.05, 0.1) is 6.42 Å². The van der Waals surface area contributed by atoms with E-state index in [4.69, 9.17) is 0 Å². The summed E-state index contributed by atoms with van der Waals surface area (Å²) in [6.07, 6.45) is 8.25. The highest BCUT2D eigenvalue weighted by atomic mass is 16.1. The maximum atomic E-state index is 12.3. The number of hydrogen-bond donors (Lipinski definition) is 1. The van der Waals surface area contributed by atoms with Crippen molar-refractivity contribution < 1.29 is 4.79 Å². The predicted octanol–water partition coefficient (Wildman–Crippen LogP) is 2.30. The van der Waals surface area contributed by atoms with Gasteiger partial charge < -0.3 is 5.32 Å². The number of aromatic nitrogens is 4. The van der Waals surface area contributed by atoms with Crippen LogP contribution in [0.2, 0.25) is 0 Å². The van der Waals surface area contributed by atoms with E-state index < -0.39 is 0 Å². The van der Waals surface area contributed by atoms with Gasteiger partial charge in [-0.15, -0.1) is 5.10 Å². The molecule has 1 aliphatic rings. The molecule has 1 aromatic heterocycles. The van der Waals surface area contributed by atoms with E-state index in [1.807, 2.05) is 18.2 Å². The average molecular weight is 327 g/mol. The Hall–Kier alpha value is -2.24. The summed E-state index contributed by atoms with van der Waals surface area (Å²) in [4.78, 5) is 12.3. The predicted molar refractivity (Wildman–Crippen MR) is 91.3 cm³/mol. The van der Waals surface area contributed by atoms with Crippen LogP contribution in [0.25, 0.3) is 0 Å². The second-order valence-corrected chi connectivity index (χ2v) is 6.49. The third-order valence-electron chi connectivity index (χ3n) is 4.60. The molecule has 1 aliphatic carbocycles. The minimum Gasteiger partial charge on any atom is -0.353 e. The van der Waals surface area contributed by atoms with Gasteiger partial charge in [-0.1, -0.05) is 56.0 Å². The smallest absolute Gasteiger partial charge is 0.227 e. The quantitative estimate of drug-likeness (QED) is 0.826. The van der Waals surface area contributed by atoms with Crippen LogP contribution in [0.1, 0.15) is 49.9 Å². The molecule has 0 aliphatic heterocycles. The number of tetrazole rings is 1. The highest BCUT2D eigenvalue weighted by Gasteiger charge is 2.17. The lowest BCUT2D eigenvalue weighted by atomic mass is 10.1. The number of carbonyl (C=O) groups excluding carboxylic acids is 1. The first-order valence-corrected chi connectivity index (χ1v) is 8.89. The molecule has 24 heavy (non-hydrogen) atoms. The molecule has 1 saturated carbocycles.